The molecule has 0 amide bonds. The van der Waals surface area contributed by atoms with Crippen molar-refractivity contribution in [2.45, 2.75) is 6.04 Å². The molecule has 0 spiro atoms. The first-order valence-corrected chi connectivity index (χ1v) is 9.21. The number of para-hydroxylation sites is 1. The summed E-state index contributed by atoms with van der Waals surface area (Å²) in [5.74, 6) is 0. The minimum Gasteiger partial charge on any atom is -0.361 e. The molecule has 1 aliphatic rings. The van der Waals surface area contributed by atoms with Crippen LogP contribution in [-0.4, -0.2) is 57.3 Å². The second-order valence-corrected chi connectivity index (χ2v) is 7.27. The fraction of sp³-hybridized carbons (Fsp3) is 0.467. The van der Waals surface area contributed by atoms with E-state index >= 15 is 0 Å². The molecule has 2 aromatic rings. The highest BCUT2D eigenvalue weighted by atomic mass is 32.2. The first-order chi connectivity index (χ1) is 10.5. The smallest absolute Gasteiger partial charge is 0.264 e. The van der Waals surface area contributed by atoms with Crippen LogP contribution >= 0.6 is 0 Å². The van der Waals surface area contributed by atoms with E-state index in [1.165, 1.54) is 10.9 Å². The molecule has 1 saturated heterocycles. The molecule has 6 nitrogen and oxygen atoms in total. The van der Waals surface area contributed by atoms with Crippen molar-refractivity contribution in [1.29, 1.82) is 0 Å². The Hall–Kier alpha value is -1.41. The Morgan fingerprint density at radius 2 is 2.18 bits per heavy atom. The van der Waals surface area contributed by atoms with Crippen LogP contribution in [0.2, 0.25) is 0 Å². The van der Waals surface area contributed by atoms with Crippen molar-refractivity contribution in [2.75, 3.05) is 39.0 Å². The summed E-state index contributed by atoms with van der Waals surface area (Å²) in [4.78, 5) is 5.53. The summed E-state index contributed by atoms with van der Waals surface area (Å²) in [6, 6.07) is 8.49. The molecule has 1 unspecified atom stereocenters. The van der Waals surface area contributed by atoms with Crippen molar-refractivity contribution >= 4 is 21.0 Å². The van der Waals surface area contributed by atoms with Gasteiger partial charge >= 0.3 is 0 Å². The van der Waals surface area contributed by atoms with E-state index in [2.05, 4.69) is 33.5 Å². The van der Waals surface area contributed by atoms with Crippen LogP contribution in [0.4, 0.5) is 0 Å². The van der Waals surface area contributed by atoms with E-state index in [0.29, 0.717) is 6.54 Å². The normalized spacial score (nSPS) is 20.5. The van der Waals surface area contributed by atoms with Gasteiger partial charge in [-0.1, -0.05) is 18.2 Å². The maximum Gasteiger partial charge on any atom is 0.264 e. The van der Waals surface area contributed by atoms with E-state index in [9.17, 15) is 8.42 Å². The zero-order valence-electron chi connectivity index (χ0n) is 12.6. The van der Waals surface area contributed by atoms with Crippen molar-refractivity contribution in [3.05, 3.63) is 36.0 Å². The Balaban J connectivity index is 1.65. The molecule has 0 radical (unpaired) electrons. The number of nitrogens with zero attached hydrogens (tertiary/aromatic N) is 1. The number of aromatic amines is 1. The second kappa shape index (κ2) is 6.37. The first kappa shape index (κ1) is 15.5. The Labute approximate surface area is 130 Å². The van der Waals surface area contributed by atoms with Gasteiger partial charge in [0, 0.05) is 49.3 Å². The average molecular weight is 323 g/mol. The van der Waals surface area contributed by atoms with Crippen LogP contribution in [0.3, 0.4) is 0 Å². The molecule has 1 aromatic heterocycles. The molecule has 1 aromatic carbocycles. The van der Waals surface area contributed by atoms with E-state index in [1.807, 2.05) is 12.1 Å². The maximum atomic E-state index is 11.0. The minimum absolute atomic E-state index is 0.208. The summed E-state index contributed by atoms with van der Waals surface area (Å²) >= 11 is 0. The molecule has 1 atom stereocenters. The van der Waals surface area contributed by atoms with Gasteiger partial charge in [-0.25, -0.2) is 0 Å². The van der Waals surface area contributed by atoms with Gasteiger partial charge in [-0.2, -0.15) is 8.42 Å². The third-order valence-electron chi connectivity index (χ3n) is 3.96. The number of fused-ring (bicyclic) bond motifs is 1. The standard InChI is InChI=1S/C15H21N3O3S/c1-22(19,20)21-9-8-18-7-6-16-15(11-18)13-10-17-14-5-3-2-4-12(13)14/h2-5,10,15-17H,6-9,11H2,1H3. The van der Waals surface area contributed by atoms with Gasteiger partial charge in [-0.05, 0) is 11.6 Å². The van der Waals surface area contributed by atoms with Crippen LogP contribution in [-0.2, 0) is 14.3 Å². The van der Waals surface area contributed by atoms with E-state index in [4.69, 9.17) is 4.18 Å². The molecule has 120 valence electrons. The summed E-state index contributed by atoms with van der Waals surface area (Å²) in [6.07, 6.45) is 3.14. The highest BCUT2D eigenvalue weighted by Crippen LogP contribution is 2.25. The largest absolute Gasteiger partial charge is 0.361 e. The van der Waals surface area contributed by atoms with Crippen LogP contribution in [0.5, 0.6) is 0 Å². The average Bonchev–Trinajstić information content (AvgIpc) is 2.90. The van der Waals surface area contributed by atoms with Gasteiger partial charge in [-0.15, -0.1) is 0 Å². The van der Waals surface area contributed by atoms with E-state index in [0.717, 1.165) is 31.4 Å². The lowest BCUT2D eigenvalue weighted by Gasteiger charge is -2.33. The number of aromatic nitrogens is 1. The lowest BCUT2D eigenvalue weighted by Crippen LogP contribution is -2.46. The Morgan fingerprint density at radius 3 is 3.00 bits per heavy atom. The quantitative estimate of drug-likeness (QED) is 0.806. The zero-order chi connectivity index (χ0) is 15.6. The summed E-state index contributed by atoms with van der Waals surface area (Å²) in [5.41, 5.74) is 2.39. The lowest BCUT2D eigenvalue weighted by molar-refractivity contribution is 0.169. The summed E-state index contributed by atoms with van der Waals surface area (Å²) < 4.78 is 26.9. The molecular formula is C15H21N3O3S. The van der Waals surface area contributed by atoms with Crippen molar-refractivity contribution in [3.63, 3.8) is 0 Å². The number of rotatable bonds is 5. The van der Waals surface area contributed by atoms with Crippen molar-refractivity contribution < 1.29 is 12.6 Å². The summed E-state index contributed by atoms with van der Waals surface area (Å²) in [7, 11) is -3.36. The molecule has 3 rings (SSSR count). The van der Waals surface area contributed by atoms with Gasteiger partial charge in [-0.3, -0.25) is 9.08 Å². The molecule has 0 saturated carbocycles. The van der Waals surface area contributed by atoms with Crippen molar-refractivity contribution in [1.82, 2.24) is 15.2 Å². The minimum atomic E-state index is -3.36. The third-order valence-corrected chi connectivity index (χ3v) is 4.56. The van der Waals surface area contributed by atoms with E-state index < -0.39 is 10.1 Å². The van der Waals surface area contributed by atoms with E-state index in [-0.39, 0.29) is 12.6 Å². The molecule has 1 aliphatic heterocycles. The van der Waals surface area contributed by atoms with Crippen molar-refractivity contribution in [3.8, 4) is 0 Å². The van der Waals surface area contributed by atoms with E-state index in [1.54, 1.807) is 0 Å². The fourth-order valence-electron chi connectivity index (χ4n) is 2.92. The predicted molar refractivity (Wildman–Crippen MR) is 86.3 cm³/mol. The molecule has 2 heterocycles. The van der Waals surface area contributed by atoms with Crippen LogP contribution < -0.4 is 5.32 Å². The van der Waals surface area contributed by atoms with Crippen LogP contribution in [0, 0.1) is 0 Å². The summed E-state index contributed by atoms with van der Waals surface area (Å²) in [5, 5.41) is 4.76. The van der Waals surface area contributed by atoms with Gasteiger partial charge in [0.1, 0.15) is 0 Å². The number of hydrogen-bond donors (Lipinski definition) is 2. The fourth-order valence-corrected chi connectivity index (χ4v) is 3.30. The van der Waals surface area contributed by atoms with Gasteiger partial charge < -0.3 is 10.3 Å². The molecule has 2 N–H and O–H groups in total. The molecule has 0 aliphatic carbocycles. The second-order valence-electron chi connectivity index (χ2n) is 5.62. The first-order valence-electron chi connectivity index (χ1n) is 7.39. The highest BCUT2D eigenvalue weighted by Gasteiger charge is 2.22. The number of hydrogen-bond acceptors (Lipinski definition) is 5. The molecule has 7 heteroatoms. The molecular weight excluding hydrogens is 302 g/mol. The van der Waals surface area contributed by atoms with Gasteiger partial charge in [0.2, 0.25) is 0 Å². The monoisotopic (exact) mass is 323 g/mol. The van der Waals surface area contributed by atoms with Gasteiger partial charge in [0.05, 0.1) is 12.9 Å². The van der Waals surface area contributed by atoms with Crippen LogP contribution in [0.25, 0.3) is 10.9 Å². The maximum absolute atomic E-state index is 11.0. The van der Waals surface area contributed by atoms with Gasteiger partial charge in [0.25, 0.3) is 10.1 Å². The highest BCUT2D eigenvalue weighted by molar-refractivity contribution is 7.85. The number of piperazine rings is 1. The Kier molecular flexibility index (Phi) is 4.49. The zero-order valence-corrected chi connectivity index (χ0v) is 13.4. The molecule has 1 fully saturated rings. The topological polar surface area (TPSA) is 74.4 Å². The van der Waals surface area contributed by atoms with Crippen LogP contribution in [0.15, 0.2) is 30.5 Å². The molecule has 22 heavy (non-hydrogen) atoms. The number of benzene rings is 1. The third kappa shape index (κ3) is 3.67. The lowest BCUT2D eigenvalue weighted by atomic mass is 10.0. The van der Waals surface area contributed by atoms with Gasteiger partial charge in [0.15, 0.2) is 0 Å². The SMILES string of the molecule is CS(=O)(=O)OCCN1CCNC(c2c[nH]c3ccccc23)C1. The number of H-pyrrole nitrogens is 1. The van der Waals surface area contributed by atoms with Crippen molar-refractivity contribution in [2.24, 2.45) is 0 Å². The Morgan fingerprint density at radius 1 is 1.36 bits per heavy atom. The Bertz CT molecular complexity index is 741. The number of nitrogens with one attached hydrogen (secondary N) is 2. The predicted octanol–water partition coefficient (Wildman–Crippen LogP) is 1.09. The summed E-state index contributed by atoms with van der Waals surface area (Å²) in [6.45, 7) is 3.44. The molecule has 0 bridgehead atoms. The van der Waals surface area contributed by atoms with Crippen LogP contribution in [0.1, 0.15) is 11.6 Å².